The lowest BCUT2D eigenvalue weighted by atomic mass is 9.71. The van der Waals surface area contributed by atoms with Gasteiger partial charge in [-0.1, -0.05) is 31.0 Å². The van der Waals surface area contributed by atoms with Crippen molar-refractivity contribution in [2.75, 3.05) is 0 Å². The molecule has 0 saturated heterocycles. The van der Waals surface area contributed by atoms with Crippen LogP contribution < -0.4 is 0 Å². The highest BCUT2D eigenvalue weighted by atomic mass is 35.5. The average molecular weight is 299 g/mol. The number of carboxylic acids is 1. The van der Waals surface area contributed by atoms with Crippen molar-refractivity contribution in [2.45, 2.75) is 39.0 Å². The number of aliphatic carboxylic acids is 1. The van der Waals surface area contributed by atoms with Gasteiger partial charge in [0.2, 0.25) is 0 Å². The molecule has 0 radical (unpaired) electrons. The summed E-state index contributed by atoms with van der Waals surface area (Å²) in [6, 6.07) is 4.36. The minimum Gasteiger partial charge on any atom is -0.481 e. The molecule has 2 nitrogen and oxygen atoms in total. The molecule has 110 valence electrons. The summed E-state index contributed by atoms with van der Waals surface area (Å²) in [5, 5.41) is 9.76. The molecule has 1 aliphatic rings. The predicted molar refractivity (Wildman–Crippen MR) is 77.4 cm³/mol. The van der Waals surface area contributed by atoms with Crippen molar-refractivity contribution in [2.24, 2.45) is 17.8 Å². The summed E-state index contributed by atoms with van der Waals surface area (Å²) in [7, 11) is 0. The Kier molecular flexibility index (Phi) is 5.03. The molecule has 0 heterocycles. The van der Waals surface area contributed by atoms with Crippen molar-refractivity contribution in [1.29, 1.82) is 0 Å². The Balaban J connectivity index is 2.16. The lowest BCUT2D eigenvalue weighted by molar-refractivity contribution is -0.145. The molecule has 3 unspecified atom stereocenters. The lowest BCUT2D eigenvalue weighted by Crippen LogP contribution is -2.32. The van der Waals surface area contributed by atoms with E-state index in [0.29, 0.717) is 17.4 Å². The Morgan fingerprint density at radius 1 is 1.45 bits per heavy atom. The molecule has 0 amide bonds. The molecule has 1 N–H and O–H groups in total. The van der Waals surface area contributed by atoms with Crippen molar-refractivity contribution >= 4 is 17.6 Å². The minimum absolute atomic E-state index is 0.0918. The lowest BCUT2D eigenvalue weighted by Gasteiger charge is -2.33. The second kappa shape index (κ2) is 6.57. The smallest absolute Gasteiger partial charge is 0.306 e. The summed E-state index contributed by atoms with van der Waals surface area (Å²) >= 11 is 6.06. The molecule has 1 aromatic rings. The van der Waals surface area contributed by atoms with Crippen LogP contribution in [0.5, 0.6) is 0 Å². The highest BCUT2D eigenvalue weighted by molar-refractivity contribution is 6.31. The van der Waals surface area contributed by atoms with Crippen LogP contribution in [-0.4, -0.2) is 11.1 Å². The molecule has 1 saturated carbocycles. The molecule has 3 atom stereocenters. The Morgan fingerprint density at radius 3 is 2.80 bits per heavy atom. The van der Waals surface area contributed by atoms with Gasteiger partial charge < -0.3 is 5.11 Å². The number of hydrogen-bond donors (Lipinski definition) is 1. The summed E-state index contributed by atoms with van der Waals surface area (Å²) in [6.07, 6.45) is 4.34. The molecule has 1 fully saturated rings. The number of benzene rings is 1. The fourth-order valence-corrected chi connectivity index (χ4v) is 3.50. The van der Waals surface area contributed by atoms with E-state index in [4.69, 9.17) is 11.6 Å². The zero-order valence-corrected chi connectivity index (χ0v) is 12.4. The second-order valence-electron chi connectivity index (χ2n) is 5.73. The number of halogens is 2. The Morgan fingerprint density at radius 2 is 2.20 bits per heavy atom. The molecule has 1 aromatic carbocycles. The van der Waals surface area contributed by atoms with Crippen molar-refractivity contribution in [3.63, 3.8) is 0 Å². The van der Waals surface area contributed by atoms with Gasteiger partial charge in [0.25, 0.3) is 0 Å². The van der Waals surface area contributed by atoms with E-state index in [-0.39, 0.29) is 17.7 Å². The van der Waals surface area contributed by atoms with Gasteiger partial charge in [-0.2, -0.15) is 0 Å². The van der Waals surface area contributed by atoms with Gasteiger partial charge in [0.15, 0.2) is 0 Å². The summed E-state index contributed by atoms with van der Waals surface area (Å²) in [4.78, 5) is 11.4. The van der Waals surface area contributed by atoms with Crippen LogP contribution in [-0.2, 0) is 11.2 Å². The van der Waals surface area contributed by atoms with Crippen molar-refractivity contribution in [1.82, 2.24) is 0 Å². The van der Waals surface area contributed by atoms with Crippen LogP contribution in [0.3, 0.4) is 0 Å². The SMILES string of the molecule is CCC1CCC(C(=O)O)C(Cc2ccc(F)cc2Cl)C1. The molecule has 4 heteroatoms. The van der Waals surface area contributed by atoms with Crippen LogP contribution in [0.4, 0.5) is 4.39 Å². The van der Waals surface area contributed by atoms with E-state index in [1.807, 2.05) is 0 Å². The largest absolute Gasteiger partial charge is 0.481 e. The average Bonchev–Trinajstić information content (AvgIpc) is 2.41. The van der Waals surface area contributed by atoms with Gasteiger partial charge in [0.1, 0.15) is 5.82 Å². The zero-order valence-electron chi connectivity index (χ0n) is 11.6. The molecule has 20 heavy (non-hydrogen) atoms. The van der Waals surface area contributed by atoms with Gasteiger partial charge in [-0.3, -0.25) is 4.79 Å². The van der Waals surface area contributed by atoms with Crippen LogP contribution in [0.15, 0.2) is 18.2 Å². The maximum absolute atomic E-state index is 13.1. The van der Waals surface area contributed by atoms with Gasteiger partial charge in [0.05, 0.1) is 5.92 Å². The maximum atomic E-state index is 13.1. The standard InChI is InChI=1S/C16H20ClFO2/c1-2-10-3-6-14(16(19)20)12(7-10)8-11-4-5-13(18)9-15(11)17/h4-5,9-10,12,14H,2-3,6-8H2,1H3,(H,19,20). The van der Waals surface area contributed by atoms with Gasteiger partial charge in [-0.05, 0) is 55.2 Å². The van der Waals surface area contributed by atoms with Crippen LogP contribution in [0.25, 0.3) is 0 Å². The van der Waals surface area contributed by atoms with E-state index >= 15 is 0 Å². The first-order chi connectivity index (χ1) is 9.51. The second-order valence-corrected chi connectivity index (χ2v) is 6.14. The third-order valence-electron chi connectivity index (χ3n) is 4.48. The highest BCUT2D eigenvalue weighted by Crippen LogP contribution is 2.38. The van der Waals surface area contributed by atoms with Gasteiger partial charge in [-0.15, -0.1) is 0 Å². The van der Waals surface area contributed by atoms with E-state index < -0.39 is 5.97 Å². The van der Waals surface area contributed by atoms with Crippen molar-refractivity contribution in [3.8, 4) is 0 Å². The molecule has 0 spiro atoms. The number of carboxylic acid groups (broad SMARTS) is 1. The van der Waals surface area contributed by atoms with Crippen molar-refractivity contribution in [3.05, 3.63) is 34.6 Å². The quantitative estimate of drug-likeness (QED) is 0.885. The topological polar surface area (TPSA) is 37.3 Å². The first kappa shape index (κ1) is 15.3. The summed E-state index contributed by atoms with van der Waals surface area (Å²) in [5.74, 6) is -0.700. The van der Waals surface area contributed by atoms with Gasteiger partial charge >= 0.3 is 5.97 Å². The van der Waals surface area contributed by atoms with E-state index in [1.165, 1.54) is 12.1 Å². The minimum atomic E-state index is -0.720. The fraction of sp³-hybridized carbons (Fsp3) is 0.562. The fourth-order valence-electron chi connectivity index (χ4n) is 3.25. The van der Waals surface area contributed by atoms with E-state index in [1.54, 1.807) is 6.07 Å². The summed E-state index contributed by atoms with van der Waals surface area (Å²) in [6.45, 7) is 2.15. The molecule has 2 rings (SSSR count). The number of rotatable bonds is 4. The maximum Gasteiger partial charge on any atom is 0.306 e. The molecule has 0 aliphatic heterocycles. The van der Waals surface area contributed by atoms with E-state index in [2.05, 4.69) is 6.92 Å². The van der Waals surface area contributed by atoms with E-state index in [0.717, 1.165) is 31.2 Å². The molecular weight excluding hydrogens is 279 g/mol. The molecule has 0 aromatic heterocycles. The van der Waals surface area contributed by atoms with Crippen LogP contribution in [0, 0.1) is 23.6 Å². The first-order valence-electron chi connectivity index (χ1n) is 7.18. The Bertz CT molecular complexity index is 489. The predicted octanol–water partition coefficient (Wildman–Crippen LogP) is 4.55. The highest BCUT2D eigenvalue weighted by Gasteiger charge is 2.34. The summed E-state index contributed by atoms with van der Waals surface area (Å²) in [5.41, 5.74) is 0.848. The van der Waals surface area contributed by atoms with E-state index in [9.17, 15) is 14.3 Å². The third kappa shape index (κ3) is 3.51. The van der Waals surface area contributed by atoms with Crippen LogP contribution in [0.1, 0.15) is 38.2 Å². The monoisotopic (exact) mass is 298 g/mol. The van der Waals surface area contributed by atoms with Crippen molar-refractivity contribution < 1.29 is 14.3 Å². The van der Waals surface area contributed by atoms with Crippen LogP contribution >= 0.6 is 11.6 Å². The Hall–Kier alpha value is -1.09. The summed E-state index contributed by atoms with van der Waals surface area (Å²) < 4.78 is 13.1. The molecule has 1 aliphatic carbocycles. The third-order valence-corrected chi connectivity index (χ3v) is 4.83. The van der Waals surface area contributed by atoms with Gasteiger partial charge in [-0.25, -0.2) is 4.39 Å². The van der Waals surface area contributed by atoms with Gasteiger partial charge in [0, 0.05) is 5.02 Å². The normalized spacial score (nSPS) is 26.4. The first-order valence-corrected chi connectivity index (χ1v) is 7.55. The molecule has 0 bridgehead atoms. The molecular formula is C16H20ClFO2. The number of hydrogen-bond acceptors (Lipinski definition) is 1. The van der Waals surface area contributed by atoms with Crippen LogP contribution in [0.2, 0.25) is 5.02 Å². The zero-order chi connectivity index (χ0) is 14.7. The number of carbonyl (C=O) groups is 1. The Labute approximate surface area is 123 Å².